The molecule has 2 atom stereocenters. The van der Waals surface area contributed by atoms with Crippen LogP contribution in [-0.2, 0) is 5.75 Å². The summed E-state index contributed by atoms with van der Waals surface area (Å²) in [5, 5.41) is 4.22. The summed E-state index contributed by atoms with van der Waals surface area (Å²) in [6.45, 7) is 7.82. The van der Waals surface area contributed by atoms with E-state index in [9.17, 15) is 0 Å². The lowest BCUT2D eigenvalue weighted by atomic mass is 10.2. The Labute approximate surface area is 104 Å². The van der Waals surface area contributed by atoms with Gasteiger partial charge in [0.2, 0.25) is 0 Å². The van der Waals surface area contributed by atoms with Crippen LogP contribution in [0, 0.1) is 0 Å². The third kappa shape index (κ3) is 4.58. The van der Waals surface area contributed by atoms with Crippen LogP contribution in [-0.4, -0.2) is 17.8 Å². The van der Waals surface area contributed by atoms with Gasteiger partial charge < -0.3 is 5.32 Å². The van der Waals surface area contributed by atoms with E-state index in [4.69, 9.17) is 0 Å². The number of thioether (sulfide) groups is 1. The molecule has 0 aliphatic heterocycles. The zero-order chi connectivity index (χ0) is 11.8. The summed E-state index contributed by atoms with van der Waals surface area (Å²) in [7, 11) is 0. The van der Waals surface area contributed by atoms with Crippen molar-refractivity contribution in [1.82, 2.24) is 5.32 Å². The molecule has 16 heavy (non-hydrogen) atoms. The minimum absolute atomic E-state index is 0.638. The van der Waals surface area contributed by atoms with E-state index in [-0.39, 0.29) is 0 Å². The summed E-state index contributed by atoms with van der Waals surface area (Å²) in [4.78, 5) is 0. The molecular weight excluding hydrogens is 214 g/mol. The first kappa shape index (κ1) is 13.6. The molecular formula is C14H23NS. The molecule has 1 aromatic carbocycles. The molecule has 0 saturated carbocycles. The fourth-order valence-electron chi connectivity index (χ4n) is 1.82. The van der Waals surface area contributed by atoms with Gasteiger partial charge >= 0.3 is 0 Å². The van der Waals surface area contributed by atoms with Crippen LogP contribution in [0.2, 0.25) is 0 Å². The van der Waals surface area contributed by atoms with Crippen molar-refractivity contribution >= 4 is 11.8 Å². The first-order chi connectivity index (χ1) is 7.77. The zero-order valence-corrected chi connectivity index (χ0v) is 11.4. The van der Waals surface area contributed by atoms with Crippen LogP contribution >= 0.6 is 11.8 Å². The number of hydrogen-bond donors (Lipinski definition) is 1. The standard InChI is InChI=1S/C14H23NS/c1-4-14(15-5-2)12(3)16-11-13-9-7-6-8-10-13/h6-10,12,14-15H,4-5,11H2,1-3H3. The van der Waals surface area contributed by atoms with E-state index in [0.29, 0.717) is 11.3 Å². The Balaban J connectivity index is 2.36. The Morgan fingerprint density at radius 2 is 1.88 bits per heavy atom. The van der Waals surface area contributed by atoms with Gasteiger partial charge in [0, 0.05) is 17.0 Å². The van der Waals surface area contributed by atoms with Crippen molar-refractivity contribution in [2.75, 3.05) is 6.54 Å². The van der Waals surface area contributed by atoms with Gasteiger partial charge in [-0.25, -0.2) is 0 Å². The minimum atomic E-state index is 0.638. The Morgan fingerprint density at radius 3 is 2.44 bits per heavy atom. The number of benzene rings is 1. The smallest absolute Gasteiger partial charge is 0.0187 e. The summed E-state index contributed by atoms with van der Waals surface area (Å²) < 4.78 is 0. The lowest BCUT2D eigenvalue weighted by Crippen LogP contribution is -2.36. The van der Waals surface area contributed by atoms with Crippen molar-refractivity contribution in [2.24, 2.45) is 0 Å². The fraction of sp³-hybridized carbons (Fsp3) is 0.571. The first-order valence-corrected chi connectivity index (χ1v) is 7.21. The SMILES string of the molecule is CCNC(CC)C(C)SCc1ccccc1. The largest absolute Gasteiger partial charge is 0.313 e. The highest BCUT2D eigenvalue weighted by molar-refractivity contribution is 7.99. The molecule has 0 aliphatic rings. The van der Waals surface area contributed by atoms with Crippen LogP contribution in [0.25, 0.3) is 0 Å². The third-order valence-electron chi connectivity index (χ3n) is 2.83. The molecule has 1 nitrogen and oxygen atoms in total. The second-order valence-corrected chi connectivity index (χ2v) is 5.44. The van der Waals surface area contributed by atoms with E-state index in [1.165, 1.54) is 12.0 Å². The maximum absolute atomic E-state index is 3.55. The molecule has 1 aromatic rings. The van der Waals surface area contributed by atoms with Crippen molar-refractivity contribution in [3.63, 3.8) is 0 Å². The van der Waals surface area contributed by atoms with Crippen LogP contribution in [0.1, 0.15) is 32.8 Å². The number of rotatable bonds is 7. The van der Waals surface area contributed by atoms with Gasteiger partial charge in [-0.15, -0.1) is 0 Å². The van der Waals surface area contributed by atoms with Crippen LogP contribution in [0.4, 0.5) is 0 Å². The van der Waals surface area contributed by atoms with Crippen molar-refractivity contribution < 1.29 is 0 Å². The topological polar surface area (TPSA) is 12.0 Å². The van der Waals surface area contributed by atoms with E-state index in [1.54, 1.807) is 0 Å². The van der Waals surface area contributed by atoms with Crippen LogP contribution in [0.3, 0.4) is 0 Å². The molecule has 0 aromatic heterocycles. The van der Waals surface area contributed by atoms with Gasteiger partial charge in [0.1, 0.15) is 0 Å². The highest BCUT2D eigenvalue weighted by Gasteiger charge is 2.14. The fourth-order valence-corrected chi connectivity index (χ4v) is 2.99. The molecule has 0 aliphatic carbocycles. The monoisotopic (exact) mass is 237 g/mol. The van der Waals surface area contributed by atoms with Crippen LogP contribution in [0.15, 0.2) is 30.3 Å². The number of nitrogens with one attached hydrogen (secondary N) is 1. The van der Waals surface area contributed by atoms with Gasteiger partial charge in [-0.05, 0) is 18.5 Å². The van der Waals surface area contributed by atoms with Gasteiger partial charge in [0.05, 0.1) is 0 Å². The van der Waals surface area contributed by atoms with Gasteiger partial charge in [0.25, 0.3) is 0 Å². The average Bonchev–Trinajstić information content (AvgIpc) is 2.34. The highest BCUT2D eigenvalue weighted by atomic mass is 32.2. The molecule has 0 fully saturated rings. The van der Waals surface area contributed by atoms with E-state index in [1.807, 2.05) is 11.8 Å². The number of hydrogen-bond acceptors (Lipinski definition) is 2. The predicted octanol–water partition coefficient (Wildman–Crippen LogP) is 3.70. The Hall–Kier alpha value is -0.470. The molecule has 0 amide bonds. The molecule has 0 heterocycles. The maximum atomic E-state index is 3.55. The van der Waals surface area contributed by atoms with E-state index in [0.717, 1.165) is 12.3 Å². The summed E-state index contributed by atoms with van der Waals surface area (Å²) in [6.07, 6.45) is 1.21. The molecule has 0 radical (unpaired) electrons. The van der Waals surface area contributed by atoms with Crippen molar-refractivity contribution in [1.29, 1.82) is 0 Å². The normalized spacial score (nSPS) is 14.7. The highest BCUT2D eigenvalue weighted by Crippen LogP contribution is 2.21. The second-order valence-electron chi connectivity index (χ2n) is 4.07. The molecule has 0 spiro atoms. The van der Waals surface area contributed by atoms with Crippen LogP contribution in [0.5, 0.6) is 0 Å². The zero-order valence-electron chi connectivity index (χ0n) is 10.6. The van der Waals surface area contributed by atoms with Gasteiger partial charge in [-0.3, -0.25) is 0 Å². The van der Waals surface area contributed by atoms with Gasteiger partial charge in [0.15, 0.2) is 0 Å². The minimum Gasteiger partial charge on any atom is -0.313 e. The van der Waals surface area contributed by atoms with Gasteiger partial charge in [-0.2, -0.15) is 11.8 Å². The summed E-state index contributed by atoms with van der Waals surface area (Å²) >= 11 is 2.04. The summed E-state index contributed by atoms with van der Waals surface area (Å²) in [5.74, 6) is 1.11. The van der Waals surface area contributed by atoms with Crippen LogP contribution < -0.4 is 5.32 Å². The lowest BCUT2D eigenvalue weighted by Gasteiger charge is -2.23. The van der Waals surface area contributed by atoms with E-state index < -0.39 is 0 Å². The quantitative estimate of drug-likeness (QED) is 0.776. The predicted molar refractivity (Wildman–Crippen MR) is 75.0 cm³/mol. The molecule has 1 N–H and O–H groups in total. The van der Waals surface area contributed by atoms with Crippen molar-refractivity contribution in [2.45, 2.75) is 44.2 Å². The Bertz CT molecular complexity index is 273. The molecule has 1 rings (SSSR count). The van der Waals surface area contributed by atoms with Crippen molar-refractivity contribution in [3.8, 4) is 0 Å². The van der Waals surface area contributed by atoms with Gasteiger partial charge in [-0.1, -0.05) is 51.1 Å². The van der Waals surface area contributed by atoms with E-state index >= 15 is 0 Å². The lowest BCUT2D eigenvalue weighted by molar-refractivity contribution is 0.509. The second kappa shape index (κ2) is 7.75. The summed E-state index contributed by atoms with van der Waals surface area (Å²) in [5.41, 5.74) is 1.42. The molecule has 0 bridgehead atoms. The van der Waals surface area contributed by atoms with E-state index in [2.05, 4.69) is 56.4 Å². The third-order valence-corrected chi connectivity index (χ3v) is 4.18. The molecule has 2 unspecified atom stereocenters. The van der Waals surface area contributed by atoms with Crippen molar-refractivity contribution in [3.05, 3.63) is 35.9 Å². The maximum Gasteiger partial charge on any atom is 0.0187 e. The molecule has 2 heteroatoms. The Morgan fingerprint density at radius 1 is 1.19 bits per heavy atom. The molecule has 0 saturated heterocycles. The molecule has 90 valence electrons. The summed E-state index contributed by atoms with van der Waals surface area (Å²) in [6, 6.07) is 11.3. The first-order valence-electron chi connectivity index (χ1n) is 6.16. The average molecular weight is 237 g/mol. The Kier molecular flexibility index (Phi) is 6.58.